The van der Waals surface area contributed by atoms with Crippen LogP contribution in [0.15, 0.2) is 48.5 Å². The fourth-order valence-corrected chi connectivity index (χ4v) is 2.99. The van der Waals surface area contributed by atoms with Crippen LogP contribution in [0.4, 0.5) is 10.5 Å². The number of urea groups is 1. The minimum absolute atomic E-state index is 0.0109. The van der Waals surface area contributed by atoms with E-state index in [1.165, 1.54) is 0 Å². The molecule has 5 nitrogen and oxygen atoms in total. The van der Waals surface area contributed by atoms with E-state index in [1.807, 2.05) is 0 Å². The molecule has 23 heavy (non-hydrogen) atoms. The number of hydrogen-bond acceptors (Lipinski definition) is 3. The highest BCUT2D eigenvalue weighted by molar-refractivity contribution is 6.32. The van der Waals surface area contributed by atoms with Gasteiger partial charge in [-0.25, -0.2) is 9.69 Å². The number of nitrogens with zero attached hydrogens (tertiary/aromatic N) is 1. The highest BCUT2D eigenvalue weighted by Crippen LogP contribution is 2.38. The highest BCUT2D eigenvalue weighted by Gasteiger charge is 2.43. The second-order valence-electron chi connectivity index (χ2n) is 5.24. The number of imide groups is 1. The van der Waals surface area contributed by atoms with E-state index >= 15 is 0 Å². The number of Topliss-reactive ketones (excluding diaryl/α,β-unsaturated/α-hetero) is 1. The Bertz CT molecular complexity index is 819. The number of amides is 3. The van der Waals surface area contributed by atoms with Gasteiger partial charge in [-0.15, -0.1) is 0 Å². The Balaban J connectivity index is 1.97. The number of primary amides is 1. The number of fused-ring (bicyclic) bond motifs is 1. The quantitative estimate of drug-likeness (QED) is 0.879. The van der Waals surface area contributed by atoms with E-state index in [0.717, 1.165) is 4.90 Å². The molecule has 1 aliphatic rings. The van der Waals surface area contributed by atoms with Gasteiger partial charge in [0.25, 0.3) is 0 Å². The predicted molar refractivity (Wildman–Crippen MR) is 86.4 cm³/mol. The van der Waals surface area contributed by atoms with E-state index in [2.05, 4.69) is 0 Å². The maximum Gasteiger partial charge on any atom is 0.326 e. The number of carbonyl (C=O) groups excluding carboxylic acids is 3. The van der Waals surface area contributed by atoms with Crippen molar-refractivity contribution in [3.8, 4) is 0 Å². The van der Waals surface area contributed by atoms with Crippen LogP contribution in [-0.2, 0) is 16.0 Å². The molecule has 0 fully saturated rings. The topological polar surface area (TPSA) is 80.5 Å². The van der Waals surface area contributed by atoms with Gasteiger partial charge in [0.15, 0.2) is 5.78 Å². The van der Waals surface area contributed by atoms with Crippen LogP contribution in [0.5, 0.6) is 0 Å². The molecule has 0 aliphatic carbocycles. The minimum Gasteiger partial charge on any atom is -0.351 e. The summed E-state index contributed by atoms with van der Waals surface area (Å²) in [5, 5.41) is 0.464. The molecule has 0 bridgehead atoms. The summed E-state index contributed by atoms with van der Waals surface area (Å²) in [6.07, 6.45) is 0.0109. The van der Waals surface area contributed by atoms with E-state index in [-0.39, 0.29) is 12.2 Å². The first-order valence-corrected chi connectivity index (χ1v) is 7.37. The van der Waals surface area contributed by atoms with Crippen molar-refractivity contribution in [2.75, 3.05) is 4.90 Å². The second-order valence-corrected chi connectivity index (χ2v) is 5.65. The Morgan fingerprint density at radius 2 is 1.74 bits per heavy atom. The van der Waals surface area contributed by atoms with Crippen LogP contribution in [0.25, 0.3) is 0 Å². The Morgan fingerprint density at radius 3 is 2.43 bits per heavy atom. The zero-order valence-electron chi connectivity index (χ0n) is 12.0. The minimum atomic E-state index is -1.03. The molecule has 1 unspecified atom stereocenters. The van der Waals surface area contributed by atoms with Crippen molar-refractivity contribution in [2.24, 2.45) is 5.73 Å². The zero-order chi connectivity index (χ0) is 16.6. The van der Waals surface area contributed by atoms with Gasteiger partial charge in [0.2, 0.25) is 5.91 Å². The van der Waals surface area contributed by atoms with Crippen molar-refractivity contribution < 1.29 is 14.4 Å². The third-order valence-electron chi connectivity index (χ3n) is 3.82. The monoisotopic (exact) mass is 328 g/mol. The van der Waals surface area contributed by atoms with Crippen molar-refractivity contribution in [3.05, 3.63) is 64.7 Å². The van der Waals surface area contributed by atoms with Crippen LogP contribution in [0.3, 0.4) is 0 Å². The number of nitrogens with two attached hydrogens (primary N) is 1. The molecule has 1 atom stereocenters. The Kier molecular flexibility index (Phi) is 3.88. The van der Waals surface area contributed by atoms with Crippen molar-refractivity contribution >= 4 is 35.0 Å². The van der Waals surface area contributed by atoms with Gasteiger partial charge in [-0.2, -0.15) is 0 Å². The molecule has 2 N–H and O–H groups in total. The number of ketones is 1. The number of halogens is 1. The molecule has 0 spiro atoms. The molecule has 6 heteroatoms. The summed E-state index contributed by atoms with van der Waals surface area (Å²) in [4.78, 5) is 37.5. The summed E-state index contributed by atoms with van der Waals surface area (Å²) in [7, 11) is 0. The van der Waals surface area contributed by atoms with Gasteiger partial charge in [-0.3, -0.25) is 9.59 Å². The highest BCUT2D eigenvalue weighted by atomic mass is 35.5. The number of anilines is 1. The smallest absolute Gasteiger partial charge is 0.326 e. The van der Waals surface area contributed by atoms with Gasteiger partial charge in [0.05, 0.1) is 5.69 Å². The summed E-state index contributed by atoms with van der Waals surface area (Å²) < 4.78 is 0. The summed E-state index contributed by atoms with van der Waals surface area (Å²) >= 11 is 6.07. The van der Waals surface area contributed by atoms with Crippen LogP contribution in [0.1, 0.15) is 17.0 Å². The SMILES string of the molecule is NC(=O)N1C(=O)C(C(=O)Cc2ccccc2Cl)c2ccccc21. The molecular weight excluding hydrogens is 316 g/mol. The lowest BCUT2D eigenvalue weighted by atomic mass is 9.92. The number of benzene rings is 2. The lowest BCUT2D eigenvalue weighted by molar-refractivity contribution is -0.127. The average molecular weight is 329 g/mol. The van der Waals surface area contributed by atoms with E-state index in [9.17, 15) is 14.4 Å². The van der Waals surface area contributed by atoms with Gasteiger partial charge in [0.1, 0.15) is 5.92 Å². The van der Waals surface area contributed by atoms with E-state index < -0.39 is 17.9 Å². The molecule has 3 rings (SSSR count). The van der Waals surface area contributed by atoms with Gasteiger partial charge in [-0.05, 0) is 23.3 Å². The van der Waals surface area contributed by atoms with E-state index in [1.54, 1.807) is 48.5 Å². The Hall–Kier alpha value is -2.66. The summed E-state index contributed by atoms with van der Waals surface area (Å²) in [5.41, 5.74) is 6.77. The fourth-order valence-electron chi connectivity index (χ4n) is 2.79. The maximum absolute atomic E-state index is 12.6. The zero-order valence-corrected chi connectivity index (χ0v) is 12.8. The number of carbonyl (C=O) groups is 3. The molecule has 0 aromatic heterocycles. The Labute approximate surface area is 137 Å². The lowest BCUT2D eigenvalue weighted by Crippen LogP contribution is -2.40. The van der Waals surface area contributed by atoms with Gasteiger partial charge < -0.3 is 5.73 Å². The summed E-state index contributed by atoms with van der Waals surface area (Å²) in [6.45, 7) is 0. The molecule has 116 valence electrons. The molecule has 0 radical (unpaired) electrons. The average Bonchev–Trinajstić information content (AvgIpc) is 2.81. The molecule has 3 amide bonds. The van der Waals surface area contributed by atoms with Crippen LogP contribution in [0.2, 0.25) is 5.02 Å². The van der Waals surface area contributed by atoms with Gasteiger partial charge >= 0.3 is 6.03 Å². The number of para-hydroxylation sites is 1. The van der Waals surface area contributed by atoms with Crippen LogP contribution in [0, 0.1) is 0 Å². The van der Waals surface area contributed by atoms with Gasteiger partial charge in [-0.1, -0.05) is 48.0 Å². The van der Waals surface area contributed by atoms with Crippen LogP contribution < -0.4 is 10.6 Å². The summed E-state index contributed by atoms with van der Waals surface area (Å²) in [5.74, 6) is -1.97. The maximum atomic E-state index is 12.6. The summed E-state index contributed by atoms with van der Waals surface area (Å²) in [6, 6.07) is 12.7. The van der Waals surface area contributed by atoms with Crippen molar-refractivity contribution in [1.82, 2.24) is 0 Å². The lowest BCUT2D eigenvalue weighted by Gasteiger charge is -2.12. The molecule has 0 saturated carbocycles. The molecular formula is C17H13ClN2O3. The molecule has 1 heterocycles. The third-order valence-corrected chi connectivity index (χ3v) is 4.19. The first-order valence-electron chi connectivity index (χ1n) is 6.99. The largest absolute Gasteiger partial charge is 0.351 e. The first kappa shape index (κ1) is 15.2. The van der Waals surface area contributed by atoms with E-state index in [0.29, 0.717) is 21.8 Å². The van der Waals surface area contributed by atoms with Crippen molar-refractivity contribution in [2.45, 2.75) is 12.3 Å². The Morgan fingerprint density at radius 1 is 1.09 bits per heavy atom. The van der Waals surface area contributed by atoms with Gasteiger partial charge in [0, 0.05) is 11.4 Å². The first-order chi connectivity index (χ1) is 11.0. The normalized spacial score (nSPS) is 16.3. The van der Waals surface area contributed by atoms with Crippen LogP contribution >= 0.6 is 11.6 Å². The standard InChI is InChI=1S/C17H13ClN2O3/c18-12-7-3-1-5-10(12)9-14(21)15-11-6-2-4-8-13(11)20(16(15)22)17(19)23/h1-8,15H,9H2,(H2,19,23). The predicted octanol–water partition coefficient (Wildman–Crippen LogP) is 2.66. The van der Waals surface area contributed by atoms with Crippen LogP contribution in [-0.4, -0.2) is 17.7 Å². The second kappa shape index (κ2) is 5.85. The van der Waals surface area contributed by atoms with Crippen molar-refractivity contribution in [3.63, 3.8) is 0 Å². The fraction of sp³-hybridized carbons (Fsp3) is 0.118. The molecule has 0 saturated heterocycles. The van der Waals surface area contributed by atoms with Crippen molar-refractivity contribution in [1.29, 1.82) is 0 Å². The molecule has 2 aromatic rings. The number of hydrogen-bond donors (Lipinski definition) is 1. The molecule has 1 aliphatic heterocycles. The number of rotatable bonds is 3. The van der Waals surface area contributed by atoms with E-state index in [4.69, 9.17) is 17.3 Å². The molecule has 2 aromatic carbocycles. The third kappa shape index (κ3) is 2.59.